The van der Waals surface area contributed by atoms with Crippen molar-refractivity contribution in [2.45, 2.75) is 103 Å². The molecule has 1 N–H and O–H groups in total. The third kappa shape index (κ3) is 4.62. The molecule has 1 saturated carbocycles. The van der Waals surface area contributed by atoms with Crippen LogP contribution in [0.15, 0.2) is 24.0 Å². The first-order valence-electron chi connectivity index (χ1n) is 14.3. The van der Waals surface area contributed by atoms with Gasteiger partial charge in [0.1, 0.15) is 18.3 Å². The molecule has 0 amide bonds. The van der Waals surface area contributed by atoms with E-state index in [1.54, 1.807) is 6.26 Å². The molecular formula is C30H40O12. The summed E-state index contributed by atoms with van der Waals surface area (Å²) in [7, 11) is 0. The lowest BCUT2D eigenvalue weighted by Crippen LogP contribution is -2.73. The van der Waals surface area contributed by atoms with E-state index in [1.165, 1.54) is 34.6 Å². The molecule has 232 valence electrons. The minimum atomic E-state index is -1.66. The average Bonchev–Trinajstić information content (AvgIpc) is 3.36. The fourth-order valence-corrected chi connectivity index (χ4v) is 7.75. The second-order valence-electron chi connectivity index (χ2n) is 12.8. The number of carbonyl (C=O) groups excluding carboxylic acids is 4. The highest BCUT2D eigenvalue weighted by molar-refractivity contribution is 5.82. The number of carbonyl (C=O) groups is 4. The smallest absolute Gasteiger partial charge is 0.350 e. The summed E-state index contributed by atoms with van der Waals surface area (Å²) in [4.78, 5) is 49.7. The number of epoxide rings is 1. The SMILES string of the molecule is CC(=O)OC[C@@]12[C@@H](OC(C)=O)C=C(C)[C@](C)([C@@H]3C[C@H]4C=CO[C@H]4O3)[C@H]1C[C@@H](O)[C@@H](OC(=O)C(C)(C)OC(C)=O)[C@]21CO1. The molecule has 42 heavy (non-hydrogen) atoms. The normalized spacial score (nSPS) is 41.6. The Balaban J connectivity index is 1.63. The summed E-state index contributed by atoms with van der Waals surface area (Å²) in [5.74, 6) is -3.17. The Bertz CT molecular complexity index is 1220. The Hall–Kier alpha value is -2.96. The molecule has 0 radical (unpaired) electrons. The first-order chi connectivity index (χ1) is 19.6. The second kappa shape index (κ2) is 10.3. The van der Waals surface area contributed by atoms with E-state index in [9.17, 15) is 24.3 Å². The van der Waals surface area contributed by atoms with Crippen LogP contribution in [0.2, 0.25) is 0 Å². The van der Waals surface area contributed by atoms with Crippen LogP contribution in [0.1, 0.15) is 61.3 Å². The zero-order valence-corrected chi connectivity index (χ0v) is 25.0. The lowest BCUT2D eigenvalue weighted by atomic mass is 9.44. The topological polar surface area (TPSA) is 156 Å². The van der Waals surface area contributed by atoms with Crippen LogP contribution in [0.4, 0.5) is 0 Å². The van der Waals surface area contributed by atoms with Crippen molar-refractivity contribution >= 4 is 23.9 Å². The van der Waals surface area contributed by atoms with Gasteiger partial charge in [-0.15, -0.1) is 0 Å². The largest absolute Gasteiger partial charge is 0.472 e. The molecule has 1 spiro atoms. The Morgan fingerprint density at radius 2 is 1.76 bits per heavy atom. The van der Waals surface area contributed by atoms with Crippen molar-refractivity contribution in [2.75, 3.05) is 13.2 Å². The average molecular weight is 593 g/mol. The number of aliphatic hydroxyl groups is 1. The third-order valence-corrected chi connectivity index (χ3v) is 9.91. The monoisotopic (exact) mass is 592 g/mol. The molecule has 10 atom stereocenters. The van der Waals surface area contributed by atoms with Crippen LogP contribution in [-0.2, 0) is 52.3 Å². The van der Waals surface area contributed by atoms with Crippen LogP contribution in [0.25, 0.3) is 0 Å². The molecule has 12 heteroatoms. The Labute approximate surface area is 244 Å². The van der Waals surface area contributed by atoms with Crippen molar-refractivity contribution in [3.05, 3.63) is 24.0 Å². The molecule has 0 bridgehead atoms. The molecule has 12 nitrogen and oxygen atoms in total. The molecule has 0 aromatic heterocycles. The molecule has 5 aliphatic rings. The predicted molar refractivity (Wildman–Crippen MR) is 142 cm³/mol. The van der Waals surface area contributed by atoms with E-state index in [4.69, 9.17) is 33.2 Å². The number of hydrogen-bond donors (Lipinski definition) is 1. The second-order valence-corrected chi connectivity index (χ2v) is 12.8. The zero-order chi connectivity index (χ0) is 30.8. The van der Waals surface area contributed by atoms with Crippen molar-refractivity contribution in [1.82, 2.24) is 0 Å². The van der Waals surface area contributed by atoms with Gasteiger partial charge >= 0.3 is 23.9 Å². The van der Waals surface area contributed by atoms with Crippen molar-refractivity contribution in [2.24, 2.45) is 22.7 Å². The highest BCUT2D eigenvalue weighted by Gasteiger charge is 2.81. The van der Waals surface area contributed by atoms with Crippen LogP contribution in [0, 0.1) is 22.7 Å². The van der Waals surface area contributed by atoms with Crippen LogP contribution >= 0.6 is 0 Å². The maximum Gasteiger partial charge on any atom is 0.350 e. The lowest BCUT2D eigenvalue weighted by Gasteiger charge is -2.62. The summed E-state index contributed by atoms with van der Waals surface area (Å²) < 4.78 is 41.0. The summed E-state index contributed by atoms with van der Waals surface area (Å²) in [5, 5.41) is 11.7. The highest BCUT2D eigenvalue weighted by atomic mass is 16.7. The van der Waals surface area contributed by atoms with Crippen molar-refractivity contribution in [1.29, 1.82) is 0 Å². The van der Waals surface area contributed by atoms with E-state index in [-0.39, 0.29) is 31.7 Å². The third-order valence-electron chi connectivity index (χ3n) is 9.91. The van der Waals surface area contributed by atoms with Gasteiger partial charge in [-0.25, -0.2) is 4.79 Å². The molecular weight excluding hydrogens is 552 g/mol. The first kappa shape index (κ1) is 30.5. The molecule has 0 aromatic carbocycles. The number of aliphatic hydroxyl groups excluding tert-OH is 1. The van der Waals surface area contributed by atoms with Crippen LogP contribution in [0.3, 0.4) is 0 Å². The van der Waals surface area contributed by atoms with E-state index in [0.717, 1.165) is 5.57 Å². The van der Waals surface area contributed by atoms with E-state index in [2.05, 4.69) is 0 Å². The minimum absolute atomic E-state index is 0.0249. The quantitative estimate of drug-likeness (QED) is 0.199. The van der Waals surface area contributed by atoms with Crippen LogP contribution in [-0.4, -0.2) is 84.1 Å². The fourth-order valence-electron chi connectivity index (χ4n) is 7.75. The number of esters is 4. The first-order valence-corrected chi connectivity index (χ1v) is 14.3. The van der Waals surface area contributed by atoms with Crippen molar-refractivity contribution in [3.63, 3.8) is 0 Å². The van der Waals surface area contributed by atoms with Crippen LogP contribution < -0.4 is 0 Å². The number of ether oxygens (including phenoxy) is 7. The van der Waals surface area contributed by atoms with Gasteiger partial charge in [-0.05, 0) is 51.7 Å². The van der Waals surface area contributed by atoms with E-state index < -0.39 is 76.4 Å². The fraction of sp³-hybridized carbons (Fsp3) is 0.733. The molecule has 3 aliphatic heterocycles. The van der Waals surface area contributed by atoms with Gasteiger partial charge in [0.05, 0.1) is 30.5 Å². The van der Waals surface area contributed by atoms with Crippen molar-refractivity contribution < 1.29 is 57.4 Å². The Morgan fingerprint density at radius 3 is 2.33 bits per heavy atom. The number of fused-ring (bicyclic) bond motifs is 3. The molecule has 2 saturated heterocycles. The number of hydrogen-bond acceptors (Lipinski definition) is 12. The lowest BCUT2D eigenvalue weighted by molar-refractivity contribution is -0.251. The van der Waals surface area contributed by atoms with Gasteiger partial charge in [0, 0.05) is 32.1 Å². The van der Waals surface area contributed by atoms with Gasteiger partial charge in [0.25, 0.3) is 0 Å². The summed E-state index contributed by atoms with van der Waals surface area (Å²) >= 11 is 0. The Morgan fingerprint density at radius 1 is 1.07 bits per heavy atom. The van der Waals surface area contributed by atoms with Crippen molar-refractivity contribution in [3.8, 4) is 0 Å². The summed E-state index contributed by atoms with van der Waals surface area (Å²) in [6.45, 7) is 10.3. The molecule has 0 aromatic rings. The predicted octanol–water partition coefficient (Wildman–Crippen LogP) is 2.11. The Kier molecular flexibility index (Phi) is 7.51. The molecule has 5 rings (SSSR count). The van der Waals surface area contributed by atoms with Gasteiger partial charge in [-0.3, -0.25) is 14.4 Å². The minimum Gasteiger partial charge on any atom is -0.472 e. The molecule has 3 heterocycles. The summed E-state index contributed by atoms with van der Waals surface area (Å²) in [5.41, 5.74) is -4.23. The highest BCUT2D eigenvalue weighted by Crippen LogP contribution is 2.69. The van der Waals surface area contributed by atoms with Gasteiger partial charge in [0.15, 0.2) is 6.10 Å². The maximum atomic E-state index is 13.3. The van der Waals surface area contributed by atoms with E-state index in [1.807, 2.05) is 26.0 Å². The standard InChI is InChI=1S/C30H40O12/c1-15-10-23(39-17(3)32)29(13-37-16(2)31)21(28(15,7)22-11-19-8-9-36-25(19)40-22)12-20(34)24(30(29)14-38-30)41-26(35)27(5,6)42-18(4)33/h8-10,19-25,34H,11-14H2,1-7H3/t19-,20-,21-,22+,23+,24-,25+,28+,29+,30-/m1/s1. The van der Waals surface area contributed by atoms with Gasteiger partial charge in [-0.2, -0.15) is 0 Å². The van der Waals surface area contributed by atoms with Gasteiger partial charge < -0.3 is 38.3 Å². The molecule has 0 unspecified atom stereocenters. The van der Waals surface area contributed by atoms with Gasteiger partial charge in [-0.1, -0.05) is 12.5 Å². The molecule has 3 fully saturated rings. The number of rotatable bonds is 7. The zero-order valence-electron chi connectivity index (χ0n) is 25.0. The maximum absolute atomic E-state index is 13.3. The van der Waals surface area contributed by atoms with Crippen LogP contribution in [0.5, 0.6) is 0 Å². The molecule has 2 aliphatic carbocycles. The summed E-state index contributed by atoms with van der Waals surface area (Å²) in [6, 6.07) is 0. The summed E-state index contributed by atoms with van der Waals surface area (Å²) in [6.07, 6.45) is 1.91. The van der Waals surface area contributed by atoms with E-state index in [0.29, 0.717) is 6.42 Å². The van der Waals surface area contributed by atoms with Gasteiger partial charge in [0.2, 0.25) is 11.9 Å². The van der Waals surface area contributed by atoms with E-state index >= 15 is 0 Å².